The van der Waals surface area contributed by atoms with Crippen LogP contribution in [0, 0.1) is 5.92 Å². The minimum atomic E-state index is 0.315. The third-order valence-electron chi connectivity index (χ3n) is 3.58. The van der Waals surface area contributed by atoms with Gasteiger partial charge in [0.15, 0.2) is 0 Å². The molecule has 86 valence electrons. The van der Waals surface area contributed by atoms with Crippen molar-refractivity contribution in [3.05, 3.63) is 0 Å². The lowest BCUT2D eigenvalue weighted by Crippen LogP contribution is -2.34. The van der Waals surface area contributed by atoms with E-state index in [-0.39, 0.29) is 0 Å². The number of rotatable bonds is 5. The van der Waals surface area contributed by atoms with Gasteiger partial charge < -0.3 is 10.2 Å². The van der Waals surface area contributed by atoms with Gasteiger partial charge in [-0.3, -0.25) is 4.79 Å². The SMILES string of the molecule is CN(CCC1CC1)C(=O)CC1CCCN1. The Morgan fingerprint density at radius 2 is 2.20 bits per heavy atom. The molecule has 1 saturated carbocycles. The van der Waals surface area contributed by atoms with Crippen molar-refractivity contribution >= 4 is 5.91 Å². The molecule has 15 heavy (non-hydrogen) atoms. The number of carbonyl (C=O) groups excluding carboxylic acids is 1. The average Bonchev–Trinajstić information content (AvgIpc) is 2.92. The van der Waals surface area contributed by atoms with Crippen molar-refractivity contribution in [1.82, 2.24) is 10.2 Å². The van der Waals surface area contributed by atoms with Gasteiger partial charge >= 0.3 is 0 Å². The second-order valence-electron chi connectivity index (χ2n) is 5.04. The fraction of sp³-hybridized carbons (Fsp3) is 0.917. The quantitative estimate of drug-likeness (QED) is 0.743. The molecule has 0 spiro atoms. The molecule has 0 aromatic heterocycles. The molecule has 3 nitrogen and oxygen atoms in total. The van der Waals surface area contributed by atoms with Crippen LogP contribution in [0.5, 0.6) is 0 Å². The molecule has 0 aromatic carbocycles. The Morgan fingerprint density at radius 1 is 1.40 bits per heavy atom. The minimum Gasteiger partial charge on any atom is -0.346 e. The highest BCUT2D eigenvalue weighted by Crippen LogP contribution is 2.32. The number of carbonyl (C=O) groups is 1. The molecule has 2 rings (SSSR count). The predicted octanol–water partition coefficient (Wildman–Crippen LogP) is 1.39. The number of hydrogen-bond donors (Lipinski definition) is 1. The Bertz CT molecular complexity index is 220. The zero-order valence-corrected chi connectivity index (χ0v) is 9.67. The van der Waals surface area contributed by atoms with Crippen LogP contribution in [0.2, 0.25) is 0 Å². The van der Waals surface area contributed by atoms with E-state index in [2.05, 4.69) is 5.32 Å². The molecule has 1 aliphatic carbocycles. The van der Waals surface area contributed by atoms with E-state index in [1.165, 1.54) is 32.1 Å². The second kappa shape index (κ2) is 4.97. The van der Waals surface area contributed by atoms with Crippen molar-refractivity contribution < 1.29 is 4.79 Å². The van der Waals surface area contributed by atoms with Crippen LogP contribution in [-0.2, 0) is 4.79 Å². The highest BCUT2D eigenvalue weighted by atomic mass is 16.2. The monoisotopic (exact) mass is 210 g/mol. The van der Waals surface area contributed by atoms with Gasteiger partial charge in [-0.2, -0.15) is 0 Å². The maximum atomic E-state index is 11.8. The summed E-state index contributed by atoms with van der Waals surface area (Å²) in [6.07, 6.45) is 7.06. The molecule has 3 heteroatoms. The number of nitrogens with zero attached hydrogens (tertiary/aromatic N) is 1. The molecule has 1 unspecified atom stereocenters. The number of nitrogens with one attached hydrogen (secondary N) is 1. The van der Waals surface area contributed by atoms with E-state index in [0.29, 0.717) is 18.4 Å². The van der Waals surface area contributed by atoms with Gasteiger partial charge in [0, 0.05) is 26.1 Å². The predicted molar refractivity (Wildman–Crippen MR) is 60.6 cm³/mol. The largest absolute Gasteiger partial charge is 0.346 e. The lowest BCUT2D eigenvalue weighted by Gasteiger charge is -2.19. The molecular weight excluding hydrogens is 188 g/mol. The molecule has 1 aliphatic heterocycles. The van der Waals surface area contributed by atoms with Crippen LogP contribution >= 0.6 is 0 Å². The first-order valence-corrected chi connectivity index (χ1v) is 6.23. The van der Waals surface area contributed by atoms with Crippen molar-refractivity contribution in [2.45, 2.75) is 44.6 Å². The highest BCUT2D eigenvalue weighted by molar-refractivity contribution is 5.76. The molecular formula is C12H22N2O. The average molecular weight is 210 g/mol. The molecule has 1 atom stereocenters. The molecule has 1 N–H and O–H groups in total. The maximum absolute atomic E-state index is 11.8. The van der Waals surface area contributed by atoms with E-state index in [4.69, 9.17) is 0 Å². The Balaban J connectivity index is 1.63. The van der Waals surface area contributed by atoms with E-state index < -0.39 is 0 Å². The summed E-state index contributed by atoms with van der Waals surface area (Å²) in [5.74, 6) is 1.24. The fourth-order valence-electron chi connectivity index (χ4n) is 2.21. The summed E-state index contributed by atoms with van der Waals surface area (Å²) in [6.45, 7) is 2.04. The smallest absolute Gasteiger partial charge is 0.223 e. The van der Waals surface area contributed by atoms with Crippen LogP contribution in [0.1, 0.15) is 38.5 Å². The summed E-state index contributed by atoms with van der Waals surface area (Å²) in [6, 6.07) is 0.445. The summed E-state index contributed by atoms with van der Waals surface area (Å²) < 4.78 is 0. The van der Waals surface area contributed by atoms with Crippen LogP contribution in [0.25, 0.3) is 0 Å². The van der Waals surface area contributed by atoms with Crippen LogP contribution < -0.4 is 5.32 Å². The Kier molecular flexibility index (Phi) is 3.62. The van der Waals surface area contributed by atoms with Gasteiger partial charge in [0.25, 0.3) is 0 Å². The third kappa shape index (κ3) is 3.49. The first kappa shape index (κ1) is 10.9. The van der Waals surface area contributed by atoms with Crippen LogP contribution in [0.15, 0.2) is 0 Å². The molecule has 1 saturated heterocycles. The van der Waals surface area contributed by atoms with E-state index >= 15 is 0 Å². The molecule has 1 heterocycles. The number of hydrogen-bond acceptors (Lipinski definition) is 2. The van der Waals surface area contributed by atoms with Crippen molar-refractivity contribution in [2.75, 3.05) is 20.1 Å². The summed E-state index contributed by atoms with van der Waals surface area (Å²) in [5, 5.41) is 3.37. The summed E-state index contributed by atoms with van der Waals surface area (Å²) in [4.78, 5) is 13.7. The van der Waals surface area contributed by atoms with Crippen molar-refractivity contribution in [3.63, 3.8) is 0 Å². The summed E-state index contributed by atoms with van der Waals surface area (Å²) in [7, 11) is 1.94. The van der Waals surface area contributed by atoms with Gasteiger partial charge in [-0.25, -0.2) is 0 Å². The Morgan fingerprint density at radius 3 is 2.80 bits per heavy atom. The highest BCUT2D eigenvalue weighted by Gasteiger charge is 2.23. The topological polar surface area (TPSA) is 32.3 Å². The molecule has 0 aromatic rings. The van der Waals surface area contributed by atoms with Crippen LogP contribution in [0.3, 0.4) is 0 Å². The normalized spacial score (nSPS) is 25.5. The summed E-state index contributed by atoms with van der Waals surface area (Å²) in [5.41, 5.74) is 0. The van der Waals surface area contributed by atoms with Crippen LogP contribution in [-0.4, -0.2) is 37.0 Å². The molecule has 1 amide bonds. The van der Waals surface area contributed by atoms with Gasteiger partial charge in [0.1, 0.15) is 0 Å². The second-order valence-corrected chi connectivity index (χ2v) is 5.04. The first-order valence-electron chi connectivity index (χ1n) is 6.23. The molecule has 0 radical (unpaired) electrons. The van der Waals surface area contributed by atoms with Crippen molar-refractivity contribution in [2.24, 2.45) is 5.92 Å². The van der Waals surface area contributed by atoms with Crippen LogP contribution in [0.4, 0.5) is 0 Å². The lowest BCUT2D eigenvalue weighted by molar-refractivity contribution is -0.130. The van der Waals surface area contributed by atoms with E-state index in [1.54, 1.807) is 0 Å². The Hall–Kier alpha value is -0.570. The standard InChI is InChI=1S/C12H22N2O/c1-14(8-6-10-4-5-10)12(15)9-11-3-2-7-13-11/h10-11,13H,2-9H2,1H3. The van der Waals surface area contributed by atoms with E-state index in [1.807, 2.05) is 11.9 Å². The van der Waals surface area contributed by atoms with Gasteiger partial charge in [-0.05, 0) is 31.7 Å². The zero-order chi connectivity index (χ0) is 10.7. The van der Waals surface area contributed by atoms with Gasteiger partial charge in [-0.15, -0.1) is 0 Å². The first-order chi connectivity index (χ1) is 7.25. The van der Waals surface area contributed by atoms with Gasteiger partial charge in [0.2, 0.25) is 5.91 Å². The lowest BCUT2D eigenvalue weighted by atomic mass is 10.1. The summed E-state index contributed by atoms with van der Waals surface area (Å²) >= 11 is 0. The minimum absolute atomic E-state index is 0.315. The Labute approximate surface area is 92.2 Å². The zero-order valence-electron chi connectivity index (χ0n) is 9.67. The third-order valence-corrected chi connectivity index (χ3v) is 3.58. The molecule has 2 aliphatic rings. The van der Waals surface area contributed by atoms with Gasteiger partial charge in [-0.1, -0.05) is 12.8 Å². The maximum Gasteiger partial charge on any atom is 0.223 e. The van der Waals surface area contributed by atoms with Crippen molar-refractivity contribution in [1.29, 1.82) is 0 Å². The van der Waals surface area contributed by atoms with Crippen molar-refractivity contribution in [3.8, 4) is 0 Å². The fourth-order valence-corrected chi connectivity index (χ4v) is 2.21. The molecule has 0 bridgehead atoms. The van der Waals surface area contributed by atoms with Gasteiger partial charge in [0.05, 0.1) is 0 Å². The number of amides is 1. The molecule has 2 fully saturated rings. The van der Waals surface area contributed by atoms with E-state index in [0.717, 1.165) is 19.0 Å². The van der Waals surface area contributed by atoms with E-state index in [9.17, 15) is 4.79 Å².